The molecule has 1 aromatic carbocycles. The molecule has 0 aromatic heterocycles. The molecule has 0 heterocycles. The number of nitrogens with zero attached hydrogens (tertiary/aromatic N) is 2. The number of carbonyl (C=O) groups excluding carboxylic acids is 1. The quantitative estimate of drug-likeness (QED) is 0.180. The van der Waals surface area contributed by atoms with E-state index >= 15 is 0 Å². The molecule has 0 bridgehead atoms. The molecule has 1 aromatic rings. The van der Waals surface area contributed by atoms with E-state index in [9.17, 15) is 4.79 Å². The zero-order valence-corrected chi connectivity index (χ0v) is 22.3. The van der Waals surface area contributed by atoms with Crippen molar-refractivity contribution in [2.75, 3.05) is 47.4 Å². The van der Waals surface area contributed by atoms with Crippen LogP contribution in [0.3, 0.4) is 0 Å². The number of methoxy groups -OCH3 is 1. The molecule has 178 valence electrons. The third-order valence-electron chi connectivity index (χ3n) is 4.20. The van der Waals surface area contributed by atoms with Gasteiger partial charge in [0.2, 0.25) is 0 Å². The summed E-state index contributed by atoms with van der Waals surface area (Å²) in [5.74, 6) is 1.60. The molecule has 8 nitrogen and oxygen atoms in total. The maximum absolute atomic E-state index is 11.7. The number of carbonyl (C=O) groups is 1. The Morgan fingerprint density at radius 2 is 1.71 bits per heavy atom. The zero-order valence-electron chi connectivity index (χ0n) is 19.9. The molecular formula is C22H40IN5O3. The Hall–Kier alpha value is -1.75. The minimum Gasteiger partial charge on any atom is -0.497 e. The van der Waals surface area contributed by atoms with E-state index in [-0.39, 0.29) is 30.0 Å². The molecule has 1 amide bonds. The fourth-order valence-corrected chi connectivity index (χ4v) is 2.71. The molecule has 9 heteroatoms. The Morgan fingerprint density at radius 3 is 2.23 bits per heavy atom. The van der Waals surface area contributed by atoms with Gasteiger partial charge in [-0.05, 0) is 65.9 Å². The van der Waals surface area contributed by atoms with Crippen LogP contribution in [0.2, 0.25) is 0 Å². The molecule has 0 spiro atoms. The number of amides is 1. The van der Waals surface area contributed by atoms with Crippen LogP contribution in [-0.2, 0) is 4.74 Å². The van der Waals surface area contributed by atoms with E-state index in [1.807, 2.05) is 53.9 Å². The standard InChI is InChI=1S/C22H39N5O3.HI/c1-8-23-20(24-14-9-15-25-21(28)30-22(2,3)4)26-16-19(27(5)6)17-10-12-18(29-7)13-11-17;/h10-13,19H,8-9,14-16H2,1-7H3,(H,25,28)(H2,23,24,26);1H. The summed E-state index contributed by atoms with van der Waals surface area (Å²) < 4.78 is 10.5. The first-order chi connectivity index (χ1) is 14.2. The third kappa shape index (κ3) is 12.6. The van der Waals surface area contributed by atoms with Crippen LogP contribution in [0.5, 0.6) is 5.75 Å². The van der Waals surface area contributed by atoms with Crippen molar-refractivity contribution in [2.24, 2.45) is 4.99 Å². The summed E-state index contributed by atoms with van der Waals surface area (Å²) in [6.07, 6.45) is 0.371. The summed E-state index contributed by atoms with van der Waals surface area (Å²) in [4.78, 5) is 18.6. The van der Waals surface area contributed by atoms with E-state index in [2.05, 4.69) is 33.0 Å². The van der Waals surface area contributed by atoms with Crippen molar-refractivity contribution >= 4 is 36.0 Å². The van der Waals surface area contributed by atoms with Crippen LogP contribution in [0.15, 0.2) is 29.3 Å². The summed E-state index contributed by atoms with van der Waals surface area (Å²) >= 11 is 0. The highest BCUT2D eigenvalue weighted by Crippen LogP contribution is 2.21. The number of aliphatic imine (C=N–C) groups is 1. The Morgan fingerprint density at radius 1 is 1.10 bits per heavy atom. The SMILES string of the molecule is CCNC(=NCC(c1ccc(OC)cc1)N(C)C)NCCCNC(=O)OC(C)(C)C.I. The molecule has 0 saturated carbocycles. The largest absolute Gasteiger partial charge is 0.497 e. The smallest absolute Gasteiger partial charge is 0.407 e. The molecule has 1 rings (SSSR count). The summed E-state index contributed by atoms with van der Waals surface area (Å²) in [6, 6.07) is 8.23. The fourth-order valence-electron chi connectivity index (χ4n) is 2.71. The second-order valence-electron chi connectivity index (χ2n) is 8.18. The molecule has 0 radical (unpaired) electrons. The van der Waals surface area contributed by atoms with E-state index in [1.54, 1.807) is 7.11 Å². The van der Waals surface area contributed by atoms with Gasteiger partial charge < -0.3 is 30.3 Å². The number of nitrogens with one attached hydrogen (secondary N) is 3. The third-order valence-corrected chi connectivity index (χ3v) is 4.20. The van der Waals surface area contributed by atoms with Crippen LogP contribution in [0.1, 0.15) is 45.7 Å². The molecule has 0 aliphatic heterocycles. The average Bonchev–Trinajstić information content (AvgIpc) is 2.66. The van der Waals surface area contributed by atoms with E-state index in [4.69, 9.17) is 14.5 Å². The van der Waals surface area contributed by atoms with Gasteiger partial charge in [0.05, 0.1) is 19.7 Å². The van der Waals surface area contributed by atoms with Crippen molar-refractivity contribution in [3.05, 3.63) is 29.8 Å². The zero-order chi connectivity index (χ0) is 22.6. The highest BCUT2D eigenvalue weighted by Gasteiger charge is 2.16. The summed E-state index contributed by atoms with van der Waals surface area (Å²) in [7, 11) is 5.76. The lowest BCUT2D eigenvalue weighted by Gasteiger charge is -2.24. The second kappa shape index (κ2) is 15.1. The molecule has 3 N–H and O–H groups in total. The number of halogens is 1. The van der Waals surface area contributed by atoms with Crippen molar-refractivity contribution in [2.45, 2.75) is 45.8 Å². The van der Waals surface area contributed by atoms with Crippen molar-refractivity contribution < 1.29 is 14.3 Å². The molecule has 0 aliphatic rings. The number of ether oxygens (including phenoxy) is 2. The van der Waals surface area contributed by atoms with Gasteiger partial charge in [-0.15, -0.1) is 24.0 Å². The van der Waals surface area contributed by atoms with Crippen LogP contribution >= 0.6 is 24.0 Å². The first-order valence-corrected chi connectivity index (χ1v) is 10.5. The number of likely N-dealkylation sites (N-methyl/N-ethyl adjacent to an activating group) is 1. The Labute approximate surface area is 204 Å². The number of guanidine groups is 1. The van der Waals surface area contributed by atoms with Gasteiger partial charge in [0.15, 0.2) is 5.96 Å². The first-order valence-electron chi connectivity index (χ1n) is 10.5. The number of alkyl carbamates (subject to hydrolysis) is 1. The maximum Gasteiger partial charge on any atom is 0.407 e. The Balaban J connectivity index is 0.00000900. The molecule has 1 atom stereocenters. The number of hydrogen-bond donors (Lipinski definition) is 3. The predicted octanol–water partition coefficient (Wildman–Crippen LogP) is 3.39. The molecule has 31 heavy (non-hydrogen) atoms. The average molecular weight is 549 g/mol. The van der Waals surface area contributed by atoms with Gasteiger partial charge in [-0.3, -0.25) is 4.99 Å². The highest BCUT2D eigenvalue weighted by molar-refractivity contribution is 14.0. The number of rotatable bonds is 10. The summed E-state index contributed by atoms with van der Waals surface area (Å²) in [6.45, 7) is 10.2. The van der Waals surface area contributed by atoms with Crippen molar-refractivity contribution in [3.8, 4) is 5.75 Å². The molecule has 0 aliphatic carbocycles. The Bertz CT molecular complexity index is 660. The van der Waals surface area contributed by atoms with E-state index in [1.165, 1.54) is 5.56 Å². The second-order valence-corrected chi connectivity index (χ2v) is 8.18. The summed E-state index contributed by atoms with van der Waals surface area (Å²) in [5.41, 5.74) is 0.696. The number of hydrogen-bond acceptors (Lipinski definition) is 5. The van der Waals surface area contributed by atoms with Crippen LogP contribution in [0.4, 0.5) is 4.79 Å². The molecule has 0 saturated heterocycles. The Kier molecular flexibility index (Phi) is 14.3. The first kappa shape index (κ1) is 29.2. The van der Waals surface area contributed by atoms with Gasteiger partial charge in [0.1, 0.15) is 11.4 Å². The summed E-state index contributed by atoms with van der Waals surface area (Å²) in [5, 5.41) is 9.34. The molecule has 1 unspecified atom stereocenters. The van der Waals surface area contributed by atoms with Gasteiger partial charge in [0.25, 0.3) is 0 Å². The van der Waals surface area contributed by atoms with Gasteiger partial charge in [-0.25, -0.2) is 4.79 Å². The van der Waals surface area contributed by atoms with Gasteiger partial charge >= 0.3 is 6.09 Å². The highest BCUT2D eigenvalue weighted by atomic mass is 127. The lowest BCUT2D eigenvalue weighted by Crippen LogP contribution is -2.40. The van der Waals surface area contributed by atoms with Gasteiger partial charge in [-0.1, -0.05) is 12.1 Å². The minimum absolute atomic E-state index is 0. The van der Waals surface area contributed by atoms with Crippen molar-refractivity contribution in [3.63, 3.8) is 0 Å². The minimum atomic E-state index is -0.486. The topological polar surface area (TPSA) is 87.2 Å². The van der Waals surface area contributed by atoms with E-state index in [0.717, 1.165) is 24.7 Å². The number of benzene rings is 1. The van der Waals surface area contributed by atoms with E-state index in [0.29, 0.717) is 19.6 Å². The normalized spacial score (nSPS) is 12.6. The van der Waals surface area contributed by atoms with E-state index < -0.39 is 11.7 Å². The van der Waals surface area contributed by atoms with Crippen LogP contribution in [-0.4, -0.2) is 69.9 Å². The fraction of sp³-hybridized carbons (Fsp3) is 0.636. The predicted molar refractivity (Wildman–Crippen MR) is 138 cm³/mol. The molecule has 0 fully saturated rings. The van der Waals surface area contributed by atoms with Crippen LogP contribution < -0.4 is 20.7 Å². The van der Waals surface area contributed by atoms with Gasteiger partial charge in [-0.2, -0.15) is 0 Å². The lowest BCUT2D eigenvalue weighted by atomic mass is 10.1. The molecular weight excluding hydrogens is 509 g/mol. The monoisotopic (exact) mass is 549 g/mol. The van der Waals surface area contributed by atoms with Crippen molar-refractivity contribution in [1.29, 1.82) is 0 Å². The maximum atomic E-state index is 11.7. The van der Waals surface area contributed by atoms with Crippen LogP contribution in [0, 0.1) is 0 Å². The van der Waals surface area contributed by atoms with Crippen LogP contribution in [0.25, 0.3) is 0 Å². The van der Waals surface area contributed by atoms with Crippen molar-refractivity contribution in [1.82, 2.24) is 20.9 Å². The lowest BCUT2D eigenvalue weighted by molar-refractivity contribution is 0.0527. The van der Waals surface area contributed by atoms with Gasteiger partial charge in [0, 0.05) is 19.6 Å².